The average Bonchev–Trinajstić information content (AvgIpc) is 3.09. The Morgan fingerprint density at radius 1 is 0.906 bits per heavy atom. The zero-order chi connectivity index (χ0) is 23.0. The van der Waals surface area contributed by atoms with Crippen LogP contribution in [-0.4, -0.2) is 26.4 Å². The number of rotatable bonds is 5. The van der Waals surface area contributed by atoms with E-state index < -0.39 is 0 Å². The van der Waals surface area contributed by atoms with Gasteiger partial charge in [-0.05, 0) is 76.4 Å². The van der Waals surface area contributed by atoms with Gasteiger partial charge < -0.3 is 4.90 Å². The Labute approximate surface area is 190 Å². The number of benzene rings is 3. The minimum absolute atomic E-state index is 0.0349. The van der Waals surface area contributed by atoms with Crippen LogP contribution in [0.5, 0.6) is 0 Å². The van der Waals surface area contributed by atoms with Crippen molar-refractivity contribution in [1.29, 1.82) is 0 Å². The van der Waals surface area contributed by atoms with Gasteiger partial charge in [0.1, 0.15) is 5.82 Å². The maximum Gasteiger partial charge on any atom is 0.255 e. The standard InChI is InChI=1S/C28H31N3O/c1-18(2)30(28(32)27-21(5)15-19(3)16-22(27)6)17-26-29-23-12-8-10-14-25(23)31(26)24-13-9-7-11-20(24)4/h7-16,18H,17H2,1-6H3. The molecule has 0 unspecified atom stereocenters. The van der Waals surface area contributed by atoms with E-state index in [-0.39, 0.29) is 11.9 Å². The van der Waals surface area contributed by atoms with Crippen molar-refractivity contribution in [1.82, 2.24) is 14.5 Å². The molecule has 0 aliphatic heterocycles. The van der Waals surface area contributed by atoms with Gasteiger partial charge in [0.2, 0.25) is 0 Å². The van der Waals surface area contributed by atoms with Crippen LogP contribution in [-0.2, 0) is 6.54 Å². The highest BCUT2D eigenvalue weighted by Crippen LogP contribution is 2.26. The van der Waals surface area contributed by atoms with E-state index in [9.17, 15) is 4.79 Å². The van der Waals surface area contributed by atoms with Crippen LogP contribution < -0.4 is 0 Å². The first-order valence-corrected chi connectivity index (χ1v) is 11.2. The number of amides is 1. The Kier molecular flexibility index (Phi) is 5.88. The number of carbonyl (C=O) groups is 1. The lowest BCUT2D eigenvalue weighted by Gasteiger charge is -2.28. The molecule has 0 aliphatic rings. The molecule has 0 spiro atoms. The number of carbonyl (C=O) groups excluding carboxylic acids is 1. The number of hydrogen-bond donors (Lipinski definition) is 0. The number of imidazole rings is 1. The summed E-state index contributed by atoms with van der Waals surface area (Å²) in [5.74, 6) is 0.920. The number of aryl methyl sites for hydroxylation is 4. The molecule has 164 valence electrons. The molecule has 0 N–H and O–H groups in total. The first kappa shape index (κ1) is 21.8. The second kappa shape index (κ2) is 8.62. The molecule has 0 saturated carbocycles. The Balaban J connectivity index is 1.83. The van der Waals surface area contributed by atoms with Crippen LogP contribution in [0.2, 0.25) is 0 Å². The monoisotopic (exact) mass is 425 g/mol. The molecule has 4 aromatic rings. The molecule has 3 aromatic carbocycles. The summed E-state index contributed by atoms with van der Waals surface area (Å²) in [4.78, 5) is 20.7. The summed E-state index contributed by atoms with van der Waals surface area (Å²) in [6.07, 6.45) is 0. The minimum atomic E-state index is 0.0349. The maximum absolute atomic E-state index is 13.8. The fraction of sp³-hybridized carbons (Fsp3) is 0.286. The molecule has 0 radical (unpaired) electrons. The van der Waals surface area contributed by atoms with E-state index in [1.807, 2.05) is 49.1 Å². The van der Waals surface area contributed by atoms with Crippen LogP contribution in [0.3, 0.4) is 0 Å². The highest BCUT2D eigenvalue weighted by Gasteiger charge is 2.25. The van der Waals surface area contributed by atoms with Crippen molar-refractivity contribution in [3.05, 3.63) is 94.3 Å². The van der Waals surface area contributed by atoms with Gasteiger partial charge in [0, 0.05) is 11.6 Å². The molecule has 4 rings (SSSR count). The second-order valence-electron chi connectivity index (χ2n) is 8.94. The SMILES string of the molecule is Cc1cc(C)c(C(=O)N(Cc2nc3ccccc3n2-c2ccccc2C)C(C)C)c(C)c1. The molecule has 0 bridgehead atoms. The largest absolute Gasteiger partial charge is 0.329 e. The minimum Gasteiger partial charge on any atom is -0.329 e. The van der Waals surface area contributed by atoms with Crippen molar-refractivity contribution in [2.24, 2.45) is 0 Å². The summed E-state index contributed by atoms with van der Waals surface area (Å²) in [7, 11) is 0. The van der Waals surface area contributed by atoms with Crippen molar-refractivity contribution in [2.75, 3.05) is 0 Å². The number of para-hydroxylation sites is 3. The van der Waals surface area contributed by atoms with E-state index in [0.29, 0.717) is 6.54 Å². The number of nitrogens with zero attached hydrogens (tertiary/aromatic N) is 3. The molecule has 0 saturated heterocycles. The zero-order valence-electron chi connectivity index (χ0n) is 19.8. The Bertz CT molecular complexity index is 1280. The van der Waals surface area contributed by atoms with Crippen LogP contribution in [0.4, 0.5) is 0 Å². The topological polar surface area (TPSA) is 38.1 Å². The van der Waals surface area contributed by atoms with Gasteiger partial charge in [-0.3, -0.25) is 9.36 Å². The highest BCUT2D eigenvalue weighted by molar-refractivity contribution is 5.97. The van der Waals surface area contributed by atoms with Gasteiger partial charge in [0.25, 0.3) is 5.91 Å². The lowest BCUT2D eigenvalue weighted by atomic mass is 9.98. The number of aromatic nitrogens is 2. The predicted molar refractivity (Wildman–Crippen MR) is 131 cm³/mol. The predicted octanol–water partition coefficient (Wildman–Crippen LogP) is 6.31. The Morgan fingerprint density at radius 2 is 1.53 bits per heavy atom. The molecule has 4 nitrogen and oxygen atoms in total. The van der Waals surface area contributed by atoms with Crippen molar-refractivity contribution in [3.63, 3.8) is 0 Å². The quantitative estimate of drug-likeness (QED) is 0.376. The van der Waals surface area contributed by atoms with Crippen LogP contribution in [0, 0.1) is 27.7 Å². The summed E-state index contributed by atoms with van der Waals surface area (Å²) < 4.78 is 2.20. The maximum atomic E-state index is 13.8. The van der Waals surface area contributed by atoms with E-state index in [1.165, 1.54) is 11.1 Å². The smallest absolute Gasteiger partial charge is 0.255 e. The van der Waals surface area contributed by atoms with Crippen molar-refractivity contribution < 1.29 is 4.79 Å². The summed E-state index contributed by atoms with van der Waals surface area (Å²) in [6, 6.07) is 20.7. The molecule has 4 heteroatoms. The summed E-state index contributed by atoms with van der Waals surface area (Å²) in [5, 5.41) is 0. The van der Waals surface area contributed by atoms with Gasteiger partial charge in [-0.2, -0.15) is 0 Å². The third kappa shape index (κ3) is 3.93. The van der Waals surface area contributed by atoms with Crippen molar-refractivity contribution in [3.8, 4) is 5.69 Å². The first-order chi connectivity index (χ1) is 15.3. The lowest BCUT2D eigenvalue weighted by Crippen LogP contribution is -2.38. The van der Waals surface area contributed by atoms with Gasteiger partial charge in [-0.25, -0.2) is 4.98 Å². The Hall–Kier alpha value is -3.40. The van der Waals surface area contributed by atoms with E-state index in [1.54, 1.807) is 0 Å². The molecule has 1 amide bonds. The average molecular weight is 426 g/mol. The fourth-order valence-corrected chi connectivity index (χ4v) is 4.57. The summed E-state index contributed by atoms with van der Waals surface area (Å²) in [6.45, 7) is 12.8. The third-order valence-corrected chi connectivity index (χ3v) is 6.07. The molecule has 0 atom stereocenters. The summed E-state index contributed by atoms with van der Waals surface area (Å²) >= 11 is 0. The van der Waals surface area contributed by atoms with Crippen LogP contribution >= 0.6 is 0 Å². The van der Waals surface area contributed by atoms with Crippen LogP contribution in [0.25, 0.3) is 16.7 Å². The van der Waals surface area contributed by atoms with Crippen LogP contribution in [0.1, 0.15) is 52.3 Å². The Morgan fingerprint density at radius 3 is 2.19 bits per heavy atom. The van der Waals surface area contributed by atoms with Gasteiger partial charge in [-0.1, -0.05) is 48.0 Å². The highest BCUT2D eigenvalue weighted by atomic mass is 16.2. The van der Waals surface area contributed by atoms with Gasteiger partial charge in [0.15, 0.2) is 0 Å². The fourth-order valence-electron chi connectivity index (χ4n) is 4.57. The number of hydrogen-bond acceptors (Lipinski definition) is 2. The van der Waals surface area contributed by atoms with Crippen molar-refractivity contribution in [2.45, 2.75) is 54.1 Å². The molecule has 1 aromatic heterocycles. The third-order valence-electron chi connectivity index (χ3n) is 6.07. The van der Waals surface area contributed by atoms with Crippen molar-refractivity contribution >= 4 is 16.9 Å². The van der Waals surface area contributed by atoms with Gasteiger partial charge in [-0.15, -0.1) is 0 Å². The molecule has 0 fully saturated rings. The molecule has 0 aliphatic carbocycles. The molecule has 32 heavy (non-hydrogen) atoms. The normalized spacial score (nSPS) is 11.3. The first-order valence-electron chi connectivity index (χ1n) is 11.2. The van der Waals surface area contributed by atoms with E-state index in [4.69, 9.17) is 4.98 Å². The van der Waals surface area contributed by atoms with Gasteiger partial charge >= 0.3 is 0 Å². The lowest BCUT2D eigenvalue weighted by molar-refractivity contribution is 0.0683. The molecular formula is C28H31N3O. The van der Waals surface area contributed by atoms with E-state index in [2.05, 4.69) is 62.6 Å². The van der Waals surface area contributed by atoms with E-state index >= 15 is 0 Å². The molecular weight excluding hydrogens is 394 g/mol. The second-order valence-corrected chi connectivity index (χ2v) is 8.94. The van der Waals surface area contributed by atoms with E-state index in [0.717, 1.165) is 39.2 Å². The summed E-state index contributed by atoms with van der Waals surface area (Å²) in [5.41, 5.74) is 8.26. The van der Waals surface area contributed by atoms with Gasteiger partial charge in [0.05, 0.1) is 23.3 Å². The number of fused-ring (bicyclic) bond motifs is 1. The van der Waals surface area contributed by atoms with Crippen LogP contribution in [0.15, 0.2) is 60.7 Å². The molecule has 1 heterocycles. The zero-order valence-corrected chi connectivity index (χ0v) is 19.8.